The van der Waals surface area contributed by atoms with E-state index in [0.717, 1.165) is 18.7 Å². The topological polar surface area (TPSA) is 59.3 Å². The maximum atomic E-state index is 10.6. The van der Waals surface area contributed by atoms with E-state index >= 15 is 0 Å². The Balaban J connectivity index is 1.95. The summed E-state index contributed by atoms with van der Waals surface area (Å²) in [5.41, 5.74) is 2.38. The molecule has 1 aromatic heterocycles. The van der Waals surface area contributed by atoms with Crippen molar-refractivity contribution in [2.24, 2.45) is 0 Å². The minimum absolute atomic E-state index is 0.125. The fourth-order valence-corrected chi connectivity index (χ4v) is 1.89. The molecule has 0 spiro atoms. The van der Waals surface area contributed by atoms with Crippen LogP contribution in [0.3, 0.4) is 0 Å². The molecular formula is C14H15N3O2. The summed E-state index contributed by atoms with van der Waals surface area (Å²) >= 11 is 0. The summed E-state index contributed by atoms with van der Waals surface area (Å²) in [6, 6.07) is 10.6. The summed E-state index contributed by atoms with van der Waals surface area (Å²) in [6.07, 6.45) is 3.55. The first-order valence-corrected chi connectivity index (χ1v) is 5.96. The zero-order valence-electron chi connectivity index (χ0n) is 10.7. The highest BCUT2D eigenvalue weighted by Gasteiger charge is 2.06. The Morgan fingerprint density at radius 2 is 1.58 bits per heavy atom. The molecule has 0 aliphatic heterocycles. The second-order valence-corrected chi connectivity index (χ2v) is 4.45. The highest BCUT2D eigenvalue weighted by atomic mass is 16.6. The fraction of sp³-hybridized carbons (Fsp3) is 0.214. The molecule has 1 heterocycles. The lowest BCUT2D eigenvalue weighted by atomic mass is 10.2. The molecule has 0 saturated heterocycles. The normalized spacial score (nSPS) is 10.6. The Morgan fingerprint density at radius 1 is 1.05 bits per heavy atom. The molecule has 0 unspecified atom stereocenters. The summed E-state index contributed by atoms with van der Waals surface area (Å²) in [5, 5.41) is 10.6. The van der Waals surface area contributed by atoms with Gasteiger partial charge in [-0.2, -0.15) is 0 Å². The first-order chi connectivity index (χ1) is 9.15. The van der Waals surface area contributed by atoms with E-state index in [-0.39, 0.29) is 10.6 Å². The number of rotatable bonds is 5. The minimum atomic E-state index is -0.384. The lowest BCUT2D eigenvalue weighted by molar-refractivity contribution is -0.384. The zero-order valence-corrected chi connectivity index (χ0v) is 10.7. The van der Waals surface area contributed by atoms with Crippen molar-refractivity contribution in [3.05, 3.63) is 70.0 Å². The molecule has 0 radical (unpaired) electrons. The largest absolute Gasteiger partial charge is 0.298 e. The molecule has 98 valence electrons. The third kappa shape index (κ3) is 3.86. The molecule has 0 amide bonds. The van der Waals surface area contributed by atoms with E-state index in [9.17, 15) is 10.1 Å². The smallest absolute Gasteiger partial charge is 0.269 e. The first kappa shape index (κ1) is 13.2. The molecule has 0 saturated carbocycles. The van der Waals surface area contributed by atoms with E-state index in [4.69, 9.17) is 0 Å². The van der Waals surface area contributed by atoms with E-state index in [1.165, 1.54) is 17.7 Å². The van der Waals surface area contributed by atoms with Gasteiger partial charge in [0.15, 0.2) is 0 Å². The second kappa shape index (κ2) is 6.06. The van der Waals surface area contributed by atoms with Gasteiger partial charge < -0.3 is 0 Å². The predicted molar refractivity (Wildman–Crippen MR) is 72.5 cm³/mol. The van der Waals surface area contributed by atoms with Crippen molar-refractivity contribution in [3.63, 3.8) is 0 Å². The van der Waals surface area contributed by atoms with E-state index in [1.807, 2.05) is 19.2 Å². The van der Waals surface area contributed by atoms with Crippen LogP contribution in [0, 0.1) is 10.1 Å². The summed E-state index contributed by atoms with van der Waals surface area (Å²) in [5.74, 6) is 0. The van der Waals surface area contributed by atoms with Crippen molar-refractivity contribution in [3.8, 4) is 0 Å². The van der Waals surface area contributed by atoms with Crippen LogP contribution in [0.2, 0.25) is 0 Å². The van der Waals surface area contributed by atoms with Gasteiger partial charge >= 0.3 is 0 Å². The quantitative estimate of drug-likeness (QED) is 0.610. The third-order valence-electron chi connectivity index (χ3n) is 2.80. The molecule has 0 aliphatic rings. The van der Waals surface area contributed by atoms with Crippen LogP contribution >= 0.6 is 0 Å². The number of nitro benzene ring substituents is 1. The molecule has 2 rings (SSSR count). The number of pyridine rings is 1. The Hall–Kier alpha value is -2.27. The van der Waals surface area contributed by atoms with Gasteiger partial charge in [-0.25, -0.2) is 0 Å². The highest BCUT2D eigenvalue weighted by molar-refractivity contribution is 5.32. The van der Waals surface area contributed by atoms with Crippen LogP contribution in [0.15, 0.2) is 48.8 Å². The fourth-order valence-electron chi connectivity index (χ4n) is 1.89. The van der Waals surface area contributed by atoms with Crippen LogP contribution in [-0.4, -0.2) is 21.9 Å². The molecule has 0 bridgehead atoms. The third-order valence-corrected chi connectivity index (χ3v) is 2.80. The van der Waals surface area contributed by atoms with Crippen molar-refractivity contribution in [1.29, 1.82) is 0 Å². The minimum Gasteiger partial charge on any atom is -0.298 e. The summed E-state index contributed by atoms with van der Waals surface area (Å²) in [4.78, 5) is 16.3. The molecule has 0 atom stereocenters. The average molecular weight is 257 g/mol. The number of nitro groups is 1. The Morgan fingerprint density at radius 3 is 2.11 bits per heavy atom. The van der Waals surface area contributed by atoms with Crippen LogP contribution in [0.1, 0.15) is 11.1 Å². The predicted octanol–water partition coefficient (Wildman–Crippen LogP) is 2.62. The van der Waals surface area contributed by atoms with Gasteiger partial charge in [0.2, 0.25) is 0 Å². The van der Waals surface area contributed by atoms with Gasteiger partial charge in [-0.1, -0.05) is 12.1 Å². The maximum Gasteiger partial charge on any atom is 0.269 e. The van der Waals surface area contributed by atoms with E-state index in [1.54, 1.807) is 24.5 Å². The van der Waals surface area contributed by atoms with Crippen molar-refractivity contribution in [2.45, 2.75) is 13.1 Å². The Bertz CT molecular complexity index is 540. The molecule has 1 aromatic carbocycles. The highest BCUT2D eigenvalue weighted by Crippen LogP contribution is 2.13. The van der Waals surface area contributed by atoms with Gasteiger partial charge in [0.25, 0.3) is 5.69 Å². The Labute approximate surface area is 111 Å². The van der Waals surface area contributed by atoms with Gasteiger partial charge in [-0.3, -0.25) is 20.0 Å². The van der Waals surface area contributed by atoms with E-state index in [2.05, 4.69) is 9.88 Å². The maximum absolute atomic E-state index is 10.6. The zero-order chi connectivity index (χ0) is 13.7. The van der Waals surface area contributed by atoms with Crippen molar-refractivity contribution in [2.75, 3.05) is 7.05 Å². The lowest BCUT2D eigenvalue weighted by Crippen LogP contribution is -2.17. The second-order valence-electron chi connectivity index (χ2n) is 4.45. The molecule has 0 N–H and O–H groups in total. The number of hydrogen-bond donors (Lipinski definition) is 0. The number of non-ortho nitro benzene ring substituents is 1. The van der Waals surface area contributed by atoms with Crippen molar-refractivity contribution in [1.82, 2.24) is 9.88 Å². The van der Waals surface area contributed by atoms with Crippen molar-refractivity contribution >= 4 is 5.69 Å². The Kier molecular flexibility index (Phi) is 4.20. The summed E-state index contributed by atoms with van der Waals surface area (Å²) < 4.78 is 0. The van der Waals surface area contributed by atoms with Gasteiger partial charge in [0.1, 0.15) is 0 Å². The molecule has 0 fully saturated rings. The SMILES string of the molecule is CN(Cc1ccncc1)Cc1ccc([N+](=O)[O-])cc1. The first-order valence-electron chi connectivity index (χ1n) is 5.96. The monoisotopic (exact) mass is 257 g/mol. The summed E-state index contributed by atoms with van der Waals surface area (Å²) in [6.45, 7) is 1.57. The van der Waals surface area contributed by atoms with Crippen LogP contribution < -0.4 is 0 Å². The molecule has 2 aromatic rings. The number of aromatic nitrogens is 1. The molecule has 0 aliphatic carbocycles. The molecule has 5 nitrogen and oxygen atoms in total. The van der Waals surface area contributed by atoms with Crippen LogP contribution in [0.5, 0.6) is 0 Å². The van der Waals surface area contributed by atoms with Gasteiger partial charge in [0, 0.05) is 37.6 Å². The molecule has 19 heavy (non-hydrogen) atoms. The van der Waals surface area contributed by atoms with Gasteiger partial charge in [0.05, 0.1) is 4.92 Å². The van der Waals surface area contributed by atoms with Gasteiger partial charge in [-0.05, 0) is 30.3 Å². The number of nitrogens with zero attached hydrogens (tertiary/aromatic N) is 3. The van der Waals surface area contributed by atoms with E-state index in [0.29, 0.717) is 0 Å². The summed E-state index contributed by atoms with van der Waals surface area (Å²) in [7, 11) is 2.02. The lowest BCUT2D eigenvalue weighted by Gasteiger charge is -2.16. The van der Waals surface area contributed by atoms with Crippen molar-refractivity contribution < 1.29 is 4.92 Å². The molecular weight excluding hydrogens is 242 g/mol. The standard InChI is InChI=1S/C14H15N3O2/c1-16(11-13-6-8-15-9-7-13)10-12-2-4-14(5-3-12)17(18)19/h2-9H,10-11H2,1H3. The average Bonchev–Trinajstić information content (AvgIpc) is 2.40. The van der Waals surface area contributed by atoms with E-state index < -0.39 is 0 Å². The molecule has 5 heteroatoms. The van der Waals surface area contributed by atoms with Crippen LogP contribution in [-0.2, 0) is 13.1 Å². The number of benzene rings is 1. The number of hydrogen-bond acceptors (Lipinski definition) is 4. The van der Waals surface area contributed by atoms with Crippen LogP contribution in [0.25, 0.3) is 0 Å². The van der Waals surface area contributed by atoms with Gasteiger partial charge in [-0.15, -0.1) is 0 Å². The van der Waals surface area contributed by atoms with Crippen LogP contribution in [0.4, 0.5) is 5.69 Å².